The third-order valence-electron chi connectivity index (χ3n) is 10.5. The molecule has 0 aliphatic carbocycles. The zero-order chi connectivity index (χ0) is 35.7. The zero-order valence-corrected chi connectivity index (χ0v) is 33.5. The first kappa shape index (κ1) is 48.3. The molecule has 0 rings (SSSR count). The Labute approximate surface area is 307 Å². The molecular weight excluding hydrogens is 606 g/mol. The van der Waals surface area contributed by atoms with Gasteiger partial charge < -0.3 is 19.8 Å². The monoisotopic (exact) mass is 696 g/mol. The van der Waals surface area contributed by atoms with Crippen LogP contribution in [0, 0.1) is 5.92 Å². The highest BCUT2D eigenvalue weighted by Gasteiger charge is 2.19. The molecule has 0 radical (unpaired) electrons. The highest BCUT2D eigenvalue weighted by atomic mass is 16.5. The number of hydrogen-bond acceptors (Lipinski definition) is 5. The van der Waals surface area contributed by atoms with E-state index in [1.54, 1.807) is 0 Å². The smallest absolute Gasteiger partial charge is 0.308 e. The van der Waals surface area contributed by atoms with Crippen LogP contribution in [0.3, 0.4) is 0 Å². The van der Waals surface area contributed by atoms with Gasteiger partial charge in [0.2, 0.25) is 0 Å². The number of nitrogens with zero attached hydrogens (tertiary/aromatic N) is 1. The summed E-state index contributed by atoms with van der Waals surface area (Å²) in [5.74, 6) is 0.212. The predicted octanol–water partition coefficient (Wildman–Crippen LogP) is 12.7. The number of carbonyl (C=O) groups excluding carboxylic acids is 1. The van der Waals surface area contributed by atoms with Crippen molar-refractivity contribution in [2.75, 3.05) is 39.5 Å². The molecule has 294 valence electrons. The molecule has 0 bridgehead atoms. The number of esters is 1. The van der Waals surface area contributed by atoms with Crippen LogP contribution in [-0.4, -0.2) is 60.5 Å². The molecule has 0 aliphatic heterocycles. The second-order valence-electron chi connectivity index (χ2n) is 15.3. The van der Waals surface area contributed by atoms with Gasteiger partial charge in [0.15, 0.2) is 0 Å². The normalized spacial score (nSPS) is 12.3. The maximum atomic E-state index is 12.8. The maximum Gasteiger partial charge on any atom is 0.308 e. The summed E-state index contributed by atoms with van der Waals surface area (Å²) in [5, 5.41) is 18.1. The standard InChI is InChI=1S/C44H89NO4/c1-3-5-7-9-22-28-36-43(35-27-8-6-4-2)44(48)49-42-34-26-21-17-13-11-15-19-24-30-38-45(39-31-33-41-47)37-29-23-18-14-10-12-16-20-25-32-40-46/h43,46-47H,3-42H2,1-2H3. The van der Waals surface area contributed by atoms with Gasteiger partial charge in [-0.05, 0) is 71.0 Å². The average molecular weight is 696 g/mol. The highest BCUT2D eigenvalue weighted by molar-refractivity contribution is 5.72. The topological polar surface area (TPSA) is 70.0 Å². The molecule has 0 aromatic heterocycles. The van der Waals surface area contributed by atoms with E-state index in [1.807, 2.05) is 0 Å². The molecule has 1 unspecified atom stereocenters. The molecule has 0 saturated carbocycles. The van der Waals surface area contributed by atoms with Crippen molar-refractivity contribution in [1.29, 1.82) is 0 Å². The van der Waals surface area contributed by atoms with Crippen molar-refractivity contribution in [1.82, 2.24) is 4.90 Å². The molecule has 5 nitrogen and oxygen atoms in total. The molecular formula is C44H89NO4. The van der Waals surface area contributed by atoms with Crippen LogP contribution >= 0.6 is 0 Å². The van der Waals surface area contributed by atoms with Crippen LogP contribution in [0.5, 0.6) is 0 Å². The van der Waals surface area contributed by atoms with Gasteiger partial charge in [-0.2, -0.15) is 0 Å². The van der Waals surface area contributed by atoms with Crippen LogP contribution in [0.4, 0.5) is 0 Å². The number of carbonyl (C=O) groups is 1. The average Bonchev–Trinajstić information content (AvgIpc) is 3.11. The Balaban J connectivity index is 3.85. The first-order valence-corrected chi connectivity index (χ1v) is 22.3. The van der Waals surface area contributed by atoms with E-state index in [1.165, 1.54) is 193 Å². The van der Waals surface area contributed by atoms with Crippen molar-refractivity contribution in [3.8, 4) is 0 Å². The van der Waals surface area contributed by atoms with E-state index in [0.29, 0.717) is 19.8 Å². The molecule has 0 saturated heterocycles. The summed E-state index contributed by atoms with van der Waals surface area (Å²) in [6.07, 6.45) is 42.5. The second kappa shape index (κ2) is 41.8. The van der Waals surface area contributed by atoms with Crippen molar-refractivity contribution in [3.63, 3.8) is 0 Å². The first-order chi connectivity index (χ1) is 24.2. The molecule has 5 heteroatoms. The molecule has 0 aromatic rings. The van der Waals surface area contributed by atoms with E-state index in [9.17, 15) is 9.90 Å². The largest absolute Gasteiger partial charge is 0.465 e. The summed E-state index contributed by atoms with van der Waals surface area (Å²) < 4.78 is 5.78. The molecule has 0 aromatic carbocycles. The van der Waals surface area contributed by atoms with E-state index in [-0.39, 0.29) is 11.9 Å². The van der Waals surface area contributed by atoms with Gasteiger partial charge in [0.05, 0.1) is 12.5 Å². The van der Waals surface area contributed by atoms with Crippen LogP contribution in [0.1, 0.15) is 232 Å². The Morgan fingerprint density at radius 2 is 0.735 bits per heavy atom. The number of rotatable bonds is 42. The fourth-order valence-electron chi connectivity index (χ4n) is 7.15. The SMILES string of the molecule is CCCCCCCCC(CCCCCC)C(=O)OCCCCCCCCCCCCN(CCCCO)CCCCCCCCCCCCO. The number of ether oxygens (including phenoxy) is 1. The minimum atomic E-state index is 0.0851. The van der Waals surface area contributed by atoms with Crippen molar-refractivity contribution in [2.45, 2.75) is 232 Å². The van der Waals surface area contributed by atoms with Gasteiger partial charge in [0, 0.05) is 13.2 Å². The minimum absolute atomic E-state index is 0.0851. The fourth-order valence-corrected chi connectivity index (χ4v) is 7.15. The summed E-state index contributed by atoms with van der Waals surface area (Å²) >= 11 is 0. The summed E-state index contributed by atoms with van der Waals surface area (Å²) in [5.41, 5.74) is 0. The molecule has 0 heterocycles. The number of aliphatic hydroxyl groups excluding tert-OH is 2. The second-order valence-corrected chi connectivity index (χ2v) is 15.3. The third kappa shape index (κ3) is 36.9. The lowest BCUT2D eigenvalue weighted by atomic mass is 9.94. The Kier molecular flexibility index (Phi) is 41.2. The van der Waals surface area contributed by atoms with Crippen molar-refractivity contribution >= 4 is 5.97 Å². The van der Waals surface area contributed by atoms with Gasteiger partial charge in [-0.3, -0.25) is 4.79 Å². The molecule has 0 amide bonds. The molecule has 2 N–H and O–H groups in total. The fraction of sp³-hybridized carbons (Fsp3) is 0.977. The van der Waals surface area contributed by atoms with Gasteiger partial charge >= 0.3 is 5.97 Å². The lowest BCUT2D eigenvalue weighted by Gasteiger charge is -2.22. The molecule has 1 atom stereocenters. The first-order valence-electron chi connectivity index (χ1n) is 22.3. The van der Waals surface area contributed by atoms with Crippen LogP contribution in [0.2, 0.25) is 0 Å². The summed E-state index contributed by atoms with van der Waals surface area (Å²) in [6.45, 7) is 9.39. The molecule has 0 aliphatic rings. The Bertz CT molecular complexity index is 630. The van der Waals surface area contributed by atoms with Crippen LogP contribution in [0.15, 0.2) is 0 Å². The highest BCUT2D eigenvalue weighted by Crippen LogP contribution is 2.21. The van der Waals surface area contributed by atoms with Crippen molar-refractivity contribution in [3.05, 3.63) is 0 Å². The minimum Gasteiger partial charge on any atom is -0.465 e. The van der Waals surface area contributed by atoms with Gasteiger partial charge in [-0.1, -0.05) is 181 Å². The van der Waals surface area contributed by atoms with Gasteiger partial charge in [-0.15, -0.1) is 0 Å². The third-order valence-corrected chi connectivity index (χ3v) is 10.5. The zero-order valence-electron chi connectivity index (χ0n) is 33.5. The lowest BCUT2D eigenvalue weighted by Crippen LogP contribution is -2.27. The van der Waals surface area contributed by atoms with Crippen LogP contribution in [0.25, 0.3) is 0 Å². The van der Waals surface area contributed by atoms with E-state index in [4.69, 9.17) is 9.84 Å². The van der Waals surface area contributed by atoms with Gasteiger partial charge in [0.25, 0.3) is 0 Å². The maximum absolute atomic E-state index is 12.8. The van der Waals surface area contributed by atoms with Crippen molar-refractivity contribution in [2.24, 2.45) is 5.92 Å². The van der Waals surface area contributed by atoms with Crippen LogP contribution < -0.4 is 0 Å². The molecule has 49 heavy (non-hydrogen) atoms. The van der Waals surface area contributed by atoms with Gasteiger partial charge in [-0.25, -0.2) is 0 Å². The Hall–Kier alpha value is -0.650. The molecule has 0 spiro atoms. The Morgan fingerprint density at radius 3 is 1.16 bits per heavy atom. The Morgan fingerprint density at radius 1 is 0.429 bits per heavy atom. The van der Waals surface area contributed by atoms with E-state index >= 15 is 0 Å². The van der Waals surface area contributed by atoms with E-state index in [2.05, 4.69) is 18.7 Å². The van der Waals surface area contributed by atoms with E-state index < -0.39 is 0 Å². The number of unbranched alkanes of at least 4 members (excludes halogenated alkanes) is 27. The number of aliphatic hydroxyl groups is 2. The summed E-state index contributed by atoms with van der Waals surface area (Å²) in [4.78, 5) is 15.5. The summed E-state index contributed by atoms with van der Waals surface area (Å²) in [7, 11) is 0. The van der Waals surface area contributed by atoms with Crippen molar-refractivity contribution < 1.29 is 19.7 Å². The molecule has 0 fully saturated rings. The quantitative estimate of drug-likeness (QED) is 0.0491. The van der Waals surface area contributed by atoms with Crippen LogP contribution in [-0.2, 0) is 9.53 Å². The number of hydrogen-bond donors (Lipinski definition) is 2. The lowest BCUT2D eigenvalue weighted by molar-refractivity contribution is -0.149. The summed E-state index contributed by atoms with van der Waals surface area (Å²) in [6, 6.07) is 0. The predicted molar refractivity (Wildman–Crippen MR) is 213 cm³/mol. The van der Waals surface area contributed by atoms with E-state index in [0.717, 1.165) is 45.1 Å². The van der Waals surface area contributed by atoms with Gasteiger partial charge in [0.1, 0.15) is 0 Å².